The lowest BCUT2D eigenvalue weighted by molar-refractivity contribution is 0.0944. The first-order chi connectivity index (χ1) is 9.79. The Morgan fingerprint density at radius 2 is 1.85 bits per heavy atom. The van der Waals surface area contributed by atoms with Crippen LogP contribution in [0.2, 0.25) is 0 Å². The molecule has 3 heteroatoms. The second-order valence-electron chi connectivity index (χ2n) is 6.12. The topological polar surface area (TPSA) is 41.1 Å². The number of anilines is 1. The fourth-order valence-corrected chi connectivity index (χ4v) is 3.10. The van der Waals surface area contributed by atoms with Gasteiger partial charge < -0.3 is 10.6 Å². The minimum atomic E-state index is 0.0628. The Labute approximate surface area is 121 Å². The molecule has 2 saturated carbocycles. The third kappa shape index (κ3) is 3.14. The van der Waals surface area contributed by atoms with Gasteiger partial charge in [0.2, 0.25) is 0 Å². The van der Waals surface area contributed by atoms with Gasteiger partial charge in [0.1, 0.15) is 0 Å². The zero-order chi connectivity index (χ0) is 13.9. The van der Waals surface area contributed by atoms with Crippen molar-refractivity contribution >= 4 is 11.6 Å². The van der Waals surface area contributed by atoms with E-state index >= 15 is 0 Å². The first-order valence-electron chi connectivity index (χ1n) is 7.90. The summed E-state index contributed by atoms with van der Waals surface area (Å²) >= 11 is 0. The second kappa shape index (κ2) is 5.86. The lowest BCUT2D eigenvalue weighted by Gasteiger charge is -2.17. The van der Waals surface area contributed by atoms with Crippen LogP contribution in [0.1, 0.15) is 43.0 Å². The number of amides is 1. The predicted molar refractivity (Wildman–Crippen MR) is 81.9 cm³/mol. The Bertz CT molecular complexity index is 466. The van der Waals surface area contributed by atoms with Gasteiger partial charge in [0, 0.05) is 18.8 Å². The van der Waals surface area contributed by atoms with Crippen molar-refractivity contribution in [2.45, 2.75) is 32.6 Å². The van der Waals surface area contributed by atoms with Crippen LogP contribution in [0.15, 0.2) is 24.3 Å². The van der Waals surface area contributed by atoms with Crippen LogP contribution in [0.5, 0.6) is 0 Å². The van der Waals surface area contributed by atoms with Gasteiger partial charge >= 0.3 is 0 Å². The molecule has 2 fully saturated rings. The number of rotatable bonds is 7. The zero-order valence-corrected chi connectivity index (χ0v) is 12.2. The first kappa shape index (κ1) is 13.5. The number of carbonyl (C=O) groups excluding carboxylic acids is 1. The van der Waals surface area contributed by atoms with Crippen LogP contribution in [-0.4, -0.2) is 19.0 Å². The summed E-state index contributed by atoms with van der Waals surface area (Å²) < 4.78 is 0. The van der Waals surface area contributed by atoms with Crippen molar-refractivity contribution in [1.29, 1.82) is 0 Å². The SMILES string of the molecule is CCNc1ccccc1C(=O)NCC(C1CC1)C1CC1. The Kier molecular flexibility index (Phi) is 3.95. The van der Waals surface area contributed by atoms with Crippen molar-refractivity contribution in [3.63, 3.8) is 0 Å². The number of hydrogen-bond donors (Lipinski definition) is 2. The quantitative estimate of drug-likeness (QED) is 0.799. The molecule has 2 N–H and O–H groups in total. The van der Waals surface area contributed by atoms with Crippen molar-refractivity contribution < 1.29 is 4.79 Å². The summed E-state index contributed by atoms with van der Waals surface area (Å²) in [6, 6.07) is 7.76. The minimum absolute atomic E-state index is 0.0628. The lowest BCUT2D eigenvalue weighted by Crippen LogP contribution is -2.31. The number of nitrogens with one attached hydrogen (secondary N) is 2. The molecule has 0 radical (unpaired) electrons. The van der Waals surface area contributed by atoms with Crippen molar-refractivity contribution in [1.82, 2.24) is 5.32 Å². The molecule has 0 unspecified atom stereocenters. The van der Waals surface area contributed by atoms with Gasteiger partial charge in [-0.2, -0.15) is 0 Å². The molecule has 1 aromatic rings. The van der Waals surface area contributed by atoms with E-state index in [1.54, 1.807) is 0 Å². The van der Waals surface area contributed by atoms with Crippen LogP contribution < -0.4 is 10.6 Å². The van der Waals surface area contributed by atoms with E-state index in [4.69, 9.17) is 0 Å². The number of benzene rings is 1. The third-order valence-corrected chi connectivity index (χ3v) is 4.49. The Balaban J connectivity index is 1.60. The van der Waals surface area contributed by atoms with Crippen molar-refractivity contribution in [3.8, 4) is 0 Å². The molecule has 2 aliphatic carbocycles. The molecule has 2 aliphatic rings. The van der Waals surface area contributed by atoms with Crippen LogP contribution in [0.3, 0.4) is 0 Å². The average Bonchev–Trinajstić information content (AvgIpc) is 3.33. The van der Waals surface area contributed by atoms with Crippen LogP contribution in [0.25, 0.3) is 0 Å². The smallest absolute Gasteiger partial charge is 0.253 e. The molecule has 0 saturated heterocycles. The molecular weight excluding hydrogens is 248 g/mol. The van der Waals surface area contributed by atoms with Gasteiger partial charge in [-0.1, -0.05) is 12.1 Å². The normalized spacial score (nSPS) is 18.1. The highest BCUT2D eigenvalue weighted by Crippen LogP contribution is 2.48. The Morgan fingerprint density at radius 3 is 2.45 bits per heavy atom. The molecule has 0 bridgehead atoms. The maximum atomic E-state index is 12.4. The molecule has 0 aliphatic heterocycles. The molecule has 108 valence electrons. The molecule has 0 spiro atoms. The third-order valence-electron chi connectivity index (χ3n) is 4.49. The van der Waals surface area contributed by atoms with E-state index in [1.807, 2.05) is 31.2 Å². The standard InChI is InChI=1S/C17H24N2O/c1-2-18-16-6-4-3-5-14(16)17(20)19-11-15(12-7-8-12)13-9-10-13/h3-6,12-13,15,18H,2,7-11H2,1H3,(H,19,20). The highest BCUT2D eigenvalue weighted by molar-refractivity contribution is 5.99. The summed E-state index contributed by atoms with van der Waals surface area (Å²) in [7, 11) is 0. The number of para-hydroxylation sites is 1. The largest absolute Gasteiger partial charge is 0.385 e. The number of carbonyl (C=O) groups is 1. The number of hydrogen-bond acceptors (Lipinski definition) is 2. The van der Waals surface area contributed by atoms with Crippen LogP contribution in [-0.2, 0) is 0 Å². The van der Waals surface area contributed by atoms with Gasteiger partial charge in [-0.15, -0.1) is 0 Å². The molecular formula is C17H24N2O. The highest BCUT2D eigenvalue weighted by atomic mass is 16.1. The van der Waals surface area contributed by atoms with Gasteiger partial charge in [-0.3, -0.25) is 4.79 Å². The highest BCUT2D eigenvalue weighted by Gasteiger charge is 2.41. The van der Waals surface area contributed by atoms with E-state index in [2.05, 4.69) is 10.6 Å². The summed E-state index contributed by atoms with van der Waals surface area (Å²) in [6.07, 6.45) is 5.46. The lowest BCUT2D eigenvalue weighted by atomic mass is 9.98. The van der Waals surface area contributed by atoms with Gasteiger partial charge in [0.15, 0.2) is 0 Å². The van der Waals surface area contributed by atoms with E-state index in [1.165, 1.54) is 25.7 Å². The maximum absolute atomic E-state index is 12.4. The van der Waals surface area contributed by atoms with Crippen LogP contribution >= 0.6 is 0 Å². The molecule has 3 rings (SSSR count). The summed E-state index contributed by atoms with van der Waals surface area (Å²) in [5.74, 6) is 2.55. The van der Waals surface area contributed by atoms with Gasteiger partial charge in [-0.05, 0) is 62.5 Å². The first-order valence-corrected chi connectivity index (χ1v) is 7.90. The maximum Gasteiger partial charge on any atom is 0.253 e. The van der Waals surface area contributed by atoms with Crippen LogP contribution in [0.4, 0.5) is 5.69 Å². The summed E-state index contributed by atoms with van der Waals surface area (Å²) in [5.41, 5.74) is 1.70. The summed E-state index contributed by atoms with van der Waals surface area (Å²) in [4.78, 5) is 12.4. The van der Waals surface area contributed by atoms with E-state index in [0.717, 1.165) is 42.1 Å². The second-order valence-corrected chi connectivity index (χ2v) is 6.12. The fourth-order valence-electron chi connectivity index (χ4n) is 3.10. The van der Waals surface area contributed by atoms with E-state index in [0.29, 0.717) is 0 Å². The molecule has 3 nitrogen and oxygen atoms in total. The van der Waals surface area contributed by atoms with Crippen LogP contribution in [0, 0.1) is 17.8 Å². The Hall–Kier alpha value is -1.51. The van der Waals surface area contributed by atoms with Gasteiger partial charge in [0.05, 0.1) is 5.56 Å². The molecule has 1 aromatic carbocycles. The molecule has 20 heavy (non-hydrogen) atoms. The summed E-state index contributed by atoms with van der Waals surface area (Å²) in [5, 5.41) is 6.42. The average molecular weight is 272 g/mol. The van der Waals surface area contributed by atoms with Gasteiger partial charge in [-0.25, -0.2) is 0 Å². The van der Waals surface area contributed by atoms with E-state index in [9.17, 15) is 4.79 Å². The van der Waals surface area contributed by atoms with E-state index in [-0.39, 0.29) is 5.91 Å². The molecule has 0 heterocycles. The predicted octanol–water partition coefficient (Wildman–Crippen LogP) is 3.28. The molecule has 1 amide bonds. The van der Waals surface area contributed by atoms with Crippen molar-refractivity contribution in [2.75, 3.05) is 18.4 Å². The summed E-state index contributed by atoms with van der Waals surface area (Å²) in [6.45, 7) is 3.73. The Morgan fingerprint density at radius 1 is 1.20 bits per heavy atom. The van der Waals surface area contributed by atoms with E-state index < -0.39 is 0 Å². The molecule has 0 aromatic heterocycles. The van der Waals surface area contributed by atoms with Crippen molar-refractivity contribution in [3.05, 3.63) is 29.8 Å². The fraction of sp³-hybridized carbons (Fsp3) is 0.588. The monoisotopic (exact) mass is 272 g/mol. The minimum Gasteiger partial charge on any atom is -0.385 e. The molecule has 0 atom stereocenters. The van der Waals surface area contributed by atoms with Crippen molar-refractivity contribution in [2.24, 2.45) is 17.8 Å². The zero-order valence-electron chi connectivity index (χ0n) is 12.2. The van der Waals surface area contributed by atoms with Gasteiger partial charge in [0.25, 0.3) is 5.91 Å².